The number of benzene rings is 2. The van der Waals surface area contributed by atoms with Gasteiger partial charge in [0.05, 0.1) is 11.4 Å². The molecule has 0 spiro atoms. The van der Waals surface area contributed by atoms with Crippen molar-refractivity contribution in [2.24, 2.45) is 0 Å². The van der Waals surface area contributed by atoms with Crippen molar-refractivity contribution in [3.8, 4) is 0 Å². The van der Waals surface area contributed by atoms with Crippen LogP contribution >= 0.6 is 0 Å². The molecule has 1 aliphatic heterocycles. The minimum absolute atomic E-state index is 0. The molecule has 0 radical (unpaired) electrons. The van der Waals surface area contributed by atoms with Gasteiger partial charge in [-0.3, -0.25) is 0 Å². The van der Waals surface area contributed by atoms with E-state index >= 15 is 0 Å². The first-order valence-electron chi connectivity index (χ1n) is 14.1. The largest absolute Gasteiger partial charge is 1.00 e. The van der Waals surface area contributed by atoms with Crippen LogP contribution in [0.5, 0.6) is 0 Å². The maximum absolute atomic E-state index is 12.7. The smallest absolute Gasteiger partial charge is 0.745 e. The van der Waals surface area contributed by atoms with Gasteiger partial charge in [-0.2, -0.15) is 0 Å². The number of anilines is 2. The summed E-state index contributed by atoms with van der Waals surface area (Å²) in [6, 6.07) is 17.2. The molecule has 1 N–H and O–H groups in total. The van der Waals surface area contributed by atoms with Crippen molar-refractivity contribution in [1.29, 1.82) is 0 Å². The van der Waals surface area contributed by atoms with Crippen LogP contribution in [-0.4, -0.2) is 18.0 Å². The molecule has 0 amide bonds. The van der Waals surface area contributed by atoms with Gasteiger partial charge in [0.2, 0.25) is 4.99 Å². The van der Waals surface area contributed by atoms with Gasteiger partial charge in [-0.25, -0.2) is 8.42 Å². The van der Waals surface area contributed by atoms with E-state index in [9.17, 15) is 13.0 Å². The molecule has 1 atom stereocenters. The molecule has 0 aliphatic carbocycles. The topological polar surface area (TPSA) is 72.5 Å². The van der Waals surface area contributed by atoms with Gasteiger partial charge in [-0.15, -0.1) is 0 Å². The fourth-order valence-electron chi connectivity index (χ4n) is 5.35. The normalized spacial score (nSPS) is 16.8. The van der Waals surface area contributed by atoms with E-state index in [0.29, 0.717) is 18.7 Å². The number of hydrogen-bond acceptors (Lipinski definition) is 5. The van der Waals surface area contributed by atoms with Gasteiger partial charge in [0, 0.05) is 13.0 Å². The second-order valence-corrected chi connectivity index (χ2v) is 11.9. The first kappa shape index (κ1) is 32.2. The molecule has 0 saturated heterocycles. The Morgan fingerprint density at radius 3 is 1.76 bits per heavy atom. The molecule has 1 heterocycles. The summed E-state index contributed by atoms with van der Waals surface area (Å²) < 4.78 is 38.2. The first-order chi connectivity index (χ1) is 17.5. The maximum atomic E-state index is 12.7. The predicted molar refractivity (Wildman–Crippen MR) is 150 cm³/mol. The molecule has 37 heavy (non-hydrogen) atoms. The molecule has 0 saturated carbocycles. The summed E-state index contributed by atoms with van der Waals surface area (Å²) in [4.78, 5) is 0.117. The Morgan fingerprint density at radius 1 is 0.730 bits per heavy atom. The summed E-state index contributed by atoms with van der Waals surface area (Å²) in [5.74, 6) is 0. The average Bonchev–Trinajstić information content (AvgIpc) is 3.19. The molecule has 0 bridgehead atoms. The van der Waals surface area contributed by atoms with Gasteiger partial charge >= 0.3 is 29.6 Å². The van der Waals surface area contributed by atoms with E-state index in [1.54, 1.807) is 4.90 Å². The van der Waals surface area contributed by atoms with E-state index in [-0.39, 0.29) is 36.0 Å². The second-order valence-electron chi connectivity index (χ2n) is 10.3. The van der Waals surface area contributed by atoms with Crippen LogP contribution in [0.2, 0.25) is 0 Å². The molecule has 200 valence electrons. The zero-order valence-electron chi connectivity index (χ0n) is 23.1. The number of rotatable bonds is 18. The molecule has 1 unspecified atom stereocenters. The molecule has 0 aromatic heterocycles. The van der Waals surface area contributed by atoms with Crippen LogP contribution in [0.3, 0.4) is 0 Å². The monoisotopic (exact) mass is 536 g/mol. The van der Waals surface area contributed by atoms with Crippen molar-refractivity contribution >= 4 is 21.5 Å². The minimum Gasteiger partial charge on any atom is -0.745 e. The van der Waals surface area contributed by atoms with Crippen LogP contribution in [0, 0.1) is 0 Å². The number of nitrogens with one attached hydrogen (secondary N) is 1. The van der Waals surface area contributed by atoms with Gasteiger partial charge in [0.15, 0.2) is 0 Å². The predicted octanol–water partition coefficient (Wildman–Crippen LogP) is 5.19. The summed E-state index contributed by atoms with van der Waals surface area (Å²) in [5, 5.41) is 3.13. The fraction of sp³-hybridized carbons (Fsp3) is 0.600. The summed E-state index contributed by atoms with van der Waals surface area (Å²) in [6.45, 7) is 2.63. The van der Waals surface area contributed by atoms with Gasteiger partial charge in [-0.05, 0) is 24.1 Å². The zero-order valence-corrected chi connectivity index (χ0v) is 25.9. The number of hydrogen-bond donors (Lipinski definition) is 1. The van der Waals surface area contributed by atoms with Gasteiger partial charge in [0.25, 0.3) is 0 Å². The van der Waals surface area contributed by atoms with Crippen LogP contribution in [0.15, 0.2) is 54.6 Å². The molecule has 1 aliphatic rings. The fourth-order valence-corrected chi connectivity index (χ4v) is 6.41. The van der Waals surface area contributed by atoms with E-state index in [2.05, 4.69) is 12.2 Å². The Bertz CT molecular complexity index is 1000. The van der Waals surface area contributed by atoms with E-state index in [1.807, 2.05) is 54.6 Å². The molecule has 2 aromatic rings. The van der Waals surface area contributed by atoms with Crippen molar-refractivity contribution in [3.05, 3.63) is 60.2 Å². The Balaban J connectivity index is 0.00000481. The summed E-state index contributed by atoms with van der Waals surface area (Å²) in [5.41, 5.74) is 2.45. The minimum atomic E-state index is -4.65. The average molecular weight is 537 g/mol. The van der Waals surface area contributed by atoms with Crippen LogP contribution in [0.4, 0.5) is 11.4 Å². The van der Waals surface area contributed by atoms with Crippen LogP contribution in [0.1, 0.15) is 109 Å². The van der Waals surface area contributed by atoms with E-state index in [4.69, 9.17) is 0 Å². The van der Waals surface area contributed by atoms with Crippen LogP contribution in [-0.2, 0) is 16.7 Å². The third-order valence-corrected chi connectivity index (χ3v) is 8.78. The Hall–Kier alpha value is -1.05. The van der Waals surface area contributed by atoms with Crippen molar-refractivity contribution in [2.45, 2.75) is 115 Å². The van der Waals surface area contributed by atoms with Gasteiger partial charge < -0.3 is 14.8 Å². The van der Waals surface area contributed by atoms with Crippen molar-refractivity contribution in [2.75, 3.05) is 10.2 Å². The second kappa shape index (κ2) is 16.8. The van der Waals surface area contributed by atoms with E-state index in [0.717, 1.165) is 24.1 Å². The number of para-hydroxylation sites is 2. The van der Waals surface area contributed by atoms with Crippen molar-refractivity contribution in [1.82, 2.24) is 0 Å². The van der Waals surface area contributed by atoms with E-state index in [1.165, 1.54) is 70.6 Å². The summed E-state index contributed by atoms with van der Waals surface area (Å²) >= 11 is 0. The molecule has 5 nitrogen and oxygen atoms in total. The Morgan fingerprint density at radius 2 is 1.22 bits per heavy atom. The molecule has 2 aromatic carbocycles. The number of nitrogens with zero attached hydrogens (tertiary/aromatic N) is 1. The number of fused-ring (bicyclic) bond motifs is 1. The zero-order chi connectivity index (χ0) is 25.7. The molecule has 0 fully saturated rings. The maximum Gasteiger partial charge on any atom is 1.00 e. The van der Waals surface area contributed by atoms with Crippen LogP contribution < -0.4 is 39.8 Å². The Labute approximate surface area is 247 Å². The standard InChI is InChI=1S/C30H46N2O3S.Na/c1-2-3-4-5-6-7-8-9-10-11-12-13-14-20-25-30(36(33,34)35)31-28-23-18-19-24-29(28)32(30)26-27-21-16-15-17-22-27;/h15-19,21-24,31H,2-14,20,25-26H2,1H3,(H,33,34,35);/q;+1/p-1. The molecule has 3 rings (SSSR count). The SMILES string of the molecule is CCCCCCCCCCCCCCCCC1(S(=O)(=O)[O-])Nc2ccccc2N1Cc1ccccc1.[Na+]. The number of unbranched alkanes of at least 4 members (excludes halogenated alkanes) is 13. The van der Waals surface area contributed by atoms with Crippen LogP contribution in [0.25, 0.3) is 0 Å². The van der Waals surface area contributed by atoms with Crippen molar-refractivity contribution < 1.29 is 42.5 Å². The molecule has 7 heteroatoms. The summed E-state index contributed by atoms with van der Waals surface area (Å²) in [7, 11) is -4.65. The molecular weight excluding hydrogens is 491 g/mol. The van der Waals surface area contributed by atoms with E-state index < -0.39 is 15.1 Å². The van der Waals surface area contributed by atoms with Gasteiger partial charge in [-0.1, -0.05) is 133 Å². The molecular formula is C30H45N2NaO3S. The first-order valence-corrected chi connectivity index (χ1v) is 15.5. The quantitative estimate of drug-likeness (QED) is 0.161. The third-order valence-electron chi connectivity index (χ3n) is 7.43. The van der Waals surface area contributed by atoms with Crippen molar-refractivity contribution in [3.63, 3.8) is 0 Å². The summed E-state index contributed by atoms with van der Waals surface area (Å²) in [6.07, 6.45) is 17.6. The van der Waals surface area contributed by atoms with Gasteiger partial charge in [0.1, 0.15) is 10.1 Å². The Kier molecular flexibility index (Phi) is 14.6. The third kappa shape index (κ3) is 9.58.